The maximum absolute atomic E-state index is 12.4. The van der Waals surface area contributed by atoms with Crippen LogP contribution in [0.2, 0.25) is 0 Å². The highest BCUT2D eigenvalue weighted by Crippen LogP contribution is 2.24. The normalized spacial score (nSPS) is 18.9. The van der Waals surface area contributed by atoms with Crippen molar-refractivity contribution >= 4 is 10.0 Å². The van der Waals surface area contributed by atoms with Crippen LogP contribution in [0.4, 0.5) is 0 Å². The summed E-state index contributed by atoms with van der Waals surface area (Å²) >= 11 is 0. The topological polar surface area (TPSA) is 61.9 Å². The summed E-state index contributed by atoms with van der Waals surface area (Å²) in [5.41, 5.74) is 1.31. The van der Waals surface area contributed by atoms with Crippen LogP contribution in [-0.2, 0) is 10.0 Å². The smallest absolute Gasteiger partial charge is 0.240 e. The van der Waals surface area contributed by atoms with Crippen molar-refractivity contribution in [2.45, 2.75) is 17.4 Å². The van der Waals surface area contributed by atoms with E-state index in [1.54, 1.807) is 31.4 Å². The van der Waals surface area contributed by atoms with Crippen LogP contribution in [-0.4, -0.2) is 65.1 Å². The van der Waals surface area contributed by atoms with Gasteiger partial charge in [-0.05, 0) is 43.3 Å². The van der Waals surface area contributed by atoms with Gasteiger partial charge in [-0.25, -0.2) is 13.1 Å². The fourth-order valence-electron chi connectivity index (χ4n) is 3.54. The number of hydrogen-bond donors (Lipinski definition) is 1. The van der Waals surface area contributed by atoms with Crippen molar-refractivity contribution in [1.29, 1.82) is 0 Å². The van der Waals surface area contributed by atoms with Crippen LogP contribution in [0, 0.1) is 0 Å². The average molecular weight is 404 g/mol. The molecule has 0 amide bonds. The SMILES string of the molecule is COc1ccc(S(=O)(=O)NCCCN2CCN(C)C[C@@H]2c2ccccc2)cc1. The first-order valence-corrected chi connectivity index (χ1v) is 11.1. The second-order valence-electron chi connectivity index (χ2n) is 7.15. The maximum Gasteiger partial charge on any atom is 0.240 e. The third-order valence-electron chi connectivity index (χ3n) is 5.16. The molecule has 1 fully saturated rings. The molecule has 1 heterocycles. The van der Waals surface area contributed by atoms with Crippen molar-refractivity contribution in [2.75, 3.05) is 46.9 Å². The molecule has 3 rings (SSSR count). The molecule has 1 saturated heterocycles. The van der Waals surface area contributed by atoms with Gasteiger partial charge in [0.1, 0.15) is 5.75 Å². The predicted molar refractivity (Wildman–Crippen MR) is 111 cm³/mol. The number of nitrogens with one attached hydrogen (secondary N) is 1. The molecule has 2 aromatic rings. The minimum Gasteiger partial charge on any atom is -0.497 e. The highest BCUT2D eigenvalue weighted by molar-refractivity contribution is 7.89. The summed E-state index contributed by atoms with van der Waals surface area (Å²) in [7, 11) is 0.212. The van der Waals surface area contributed by atoms with Gasteiger partial charge in [0.15, 0.2) is 0 Å². The van der Waals surface area contributed by atoms with E-state index in [2.05, 4.69) is 45.8 Å². The molecule has 0 aromatic heterocycles. The van der Waals surface area contributed by atoms with Crippen molar-refractivity contribution in [1.82, 2.24) is 14.5 Å². The Kier molecular flexibility index (Phi) is 7.07. The molecule has 1 N–H and O–H groups in total. The Morgan fingerprint density at radius 3 is 2.46 bits per heavy atom. The number of benzene rings is 2. The molecular weight excluding hydrogens is 374 g/mol. The van der Waals surface area contributed by atoms with Gasteiger partial charge in [0.25, 0.3) is 0 Å². The Labute approximate surface area is 168 Å². The van der Waals surface area contributed by atoms with Gasteiger partial charge in [-0.3, -0.25) is 4.90 Å². The first kappa shape index (κ1) is 20.8. The zero-order valence-electron chi connectivity index (χ0n) is 16.5. The third kappa shape index (κ3) is 5.32. The van der Waals surface area contributed by atoms with E-state index in [9.17, 15) is 8.42 Å². The third-order valence-corrected chi connectivity index (χ3v) is 6.64. The first-order chi connectivity index (χ1) is 13.5. The molecule has 0 spiro atoms. The van der Waals surface area contributed by atoms with E-state index < -0.39 is 10.0 Å². The summed E-state index contributed by atoms with van der Waals surface area (Å²) < 4.78 is 32.7. The van der Waals surface area contributed by atoms with Crippen LogP contribution in [0.15, 0.2) is 59.5 Å². The lowest BCUT2D eigenvalue weighted by Gasteiger charge is -2.40. The van der Waals surface area contributed by atoms with Gasteiger partial charge in [-0.2, -0.15) is 0 Å². The second kappa shape index (κ2) is 9.52. The molecule has 28 heavy (non-hydrogen) atoms. The Bertz CT molecular complexity index is 841. The Balaban J connectivity index is 1.54. The lowest BCUT2D eigenvalue weighted by Crippen LogP contribution is -2.47. The molecular formula is C21H29N3O3S. The number of ether oxygens (including phenoxy) is 1. The minimum absolute atomic E-state index is 0.259. The average Bonchev–Trinajstić information content (AvgIpc) is 2.72. The van der Waals surface area contributed by atoms with Crippen LogP contribution in [0.3, 0.4) is 0 Å². The fourth-order valence-corrected chi connectivity index (χ4v) is 4.62. The Morgan fingerprint density at radius 1 is 1.07 bits per heavy atom. The molecule has 2 aromatic carbocycles. The van der Waals surface area contributed by atoms with Crippen LogP contribution < -0.4 is 9.46 Å². The van der Waals surface area contributed by atoms with Crippen molar-refractivity contribution in [3.8, 4) is 5.75 Å². The zero-order chi connectivity index (χ0) is 20.0. The van der Waals surface area contributed by atoms with Crippen molar-refractivity contribution < 1.29 is 13.2 Å². The minimum atomic E-state index is -3.49. The van der Waals surface area contributed by atoms with E-state index >= 15 is 0 Å². The highest BCUT2D eigenvalue weighted by atomic mass is 32.2. The lowest BCUT2D eigenvalue weighted by molar-refractivity contribution is 0.0892. The maximum atomic E-state index is 12.4. The number of rotatable bonds is 8. The van der Waals surface area contributed by atoms with E-state index in [0.29, 0.717) is 18.3 Å². The van der Waals surface area contributed by atoms with Crippen LogP contribution in [0.1, 0.15) is 18.0 Å². The number of nitrogens with zero attached hydrogens (tertiary/aromatic N) is 2. The summed E-state index contributed by atoms with van der Waals surface area (Å²) in [6, 6.07) is 17.3. The molecule has 0 saturated carbocycles. The first-order valence-electron chi connectivity index (χ1n) is 9.61. The summed E-state index contributed by atoms with van der Waals surface area (Å²) in [6.45, 7) is 4.28. The zero-order valence-corrected chi connectivity index (χ0v) is 17.4. The summed E-state index contributed by atoms with van der Waals surface area (Å²) in [6.07, 6.45) is 0.766. The van der Waals surface area contributed by atoms with Crippen molar-refractivity contribution in [3.05, 3.63) is 60.2 Å². The molecule has 6 nitrogen and oxygen atoms in total. The number of sulfonamides is 1. The molecule has 0 radical (unpaired) electrons. The summed E-state index contributed by atoms with van der Waals surface area (Å²) in [5, 5.41) is 0. The van der Waals surface area contributed by atoms with Crippen LogP contribution >= 0.6 is 0 Å². The molecule has 7 heteroatoms. The Hall–Kier alpha value is -1.93. The Morgan fingerprint density at radius 2 is 1.79 bits per heavy atom. The van der Waals surface area contributed by atoms with E-state index in [1.807, 2.05) is 6.07 Å². The molecule has 1 atom stereocenters. The van der Waals surface area contributed by atoms with Crippen molar-refractivity contribution in [3.63, 3.8) is 0 Å². The van der Waals surface area contributed by atoms with Gasteiger partial charge in [0.2, 0.25) is 10.0 Å². The van der Waals surface area contributed by atoms with Gasteiger partial charge in [-0.15, -0.1) is 0 Å². The highest BCUT2D eigenvalue weighted by Gasteiger charge is 2.26. The molecule has 0 unspecified atom stereocenters. The standard InChI is InChI=1S/C21H29N3O3S/c1-23-15-16-24(21(17-23)18-7-4-3-5-8-18)14-6-13-22-28(25,26)20-11-9-19(27-2)10-12-20/h3-5,7-12,21-22H,6,13-17H2,1-2H3/t21-/m1/s1. The second-order valence-corrected chi connectivity index (χ2v) is 8.92. The van der Waals surface area contributed by atoms with Crippen molar-refractivity contribution in [2.24, 2.45) is 0 Å². The van der Waals surface area contributed by atoms with Gasteiger partial charge in [0.05, 0.1) is 12.0 Å². The number of methoxy groups -OCH3 is 1. The van der Waals surface area contributed by atoms with E-state index in [-0.39, 0.29) is 4.90 Å². The number of hydrogen-bond acceptors (Lipinski definition) is 5. The molecule has 152 valence electrons. The van der Waals surface area contributed by atoms with E-state index in [1.165, 1.54) is 5.56 Å². The van der Waals surface area contributed by atoms with E-state index in [0.717, 1.165) is 32.6 Å². The van der Waals surface area contributed by atoms with Gasteiger partial charge in [0, 0.05) is 38.8 Å². The van der Waals surface area contributed by atoms with E-state index in [4.69, 9.17) is 4.74 Å². The predicted octanol–water partition coefficient (Wildman–Crippen LogP) is 2.35. The van der Waals surface area contributed by atoms with Crippen LogP contribution in [0.25, 0.3) is 0 Å². The largest absolute Gasteiger partial charge is 0.497 e. The molecule has 1 aliphatic rings. The molecule has 1 aliphatic heterocycles. The van der Waals surface area contributed by atoms with Crippen LogP contribution in [0.5, 0.6) is 5.75 Å². The fraction of sp³-hybridized carbons (Fsp3) is 0.429. The van der Waals surface area contributed by atoms with Gasteiger partial charge < -0.3 is 9.64 Å². The molecule has 0 bridgehead atoms. The van der Waals surface area contributed by atoms with Gasteiger partial charge in [-0.1, -0.05) is 30.3 Å². The van der Waals surface area contributed by atoms with Gasteiger partial charge >= 0.3 is 0 Å². The number of piperazine rings is 1. The monoisotopic (exact) mass is 403 g/mol. The number of likely N-dealkylation sites (N-methyl/N-ethyl adjacent to an activating group) is 1. The lowest BCUT2D eigenvalue weighted by atomic mass is 10.0. The summed E-state index contributed by atoms with van der Waals surface area (Å²) in [4.78, 5) is 5.06. The molecule has 0 aliphatic carbocycles. The summed E-state index contributed by atoms with van der Waals surface area (Å²) in [5.74, 6) is 0.640. The quantitative estimate of drug-likeness (QED) is 0.686.